The molecule has 1 aliphatic heterocycles. The van der Waals surface area contributed by atoms with Crippen molar-refractivity contribution in [2.24, 2.45) is 0 Å². The third-order valence-corrected chi connectivity index (χ3v) is 11.4. The van der Waals surface area contributed by atoms with Crippen LogP contribution in [0.25, 0.3) is 0 Å². The van der Waals surface area contributed by atoms with E-state index in [-0.39, 0.29) is 32.6 Å². The lowest BCUT2D eigenvalue weighted by Crippen LogP contribution is -2.33. The number of nitrogens with one attached hydrogen (secondary N) is 2. The van der Waals surface area contributed by atoms with Crippen molar-refractivity contribution >= 4 is 104 Å². The summed E-state index contributed by atoms with van der Waals surface area (Å²) in [7, 11) is 0. The number of hydrogen-bond acceptors (Lipinski definition) is 7. The van der Waals surface area contributed by atoms with Crippen molar-refractivity contribution in [3.05, 3.63) is 107 Å². The van der Waals surface area contributed by atoms with Gasteiger partial charge in [0.15, 0.2) is 0 Å². The van der Waals surface area contributed by atoms with Crippen LogP contribution in [-0.2, 0) is 22.6 Å². The lowest BCUT2D eigenvalue weighted by Gasteiger charge is -2.25. The molecule has 0 spiro atoms. The average Bonchev–Trinajstić information content (AvgIpc) is 3.40. The van der Waals surface area contributed by atoms with Gasteiger partial charge in [-0.15, -0.1) is 23.1 Å². The molecular weight excluding hydrogens is 726 g/mol. The largest absolute Gasteiger partial charge is 0.478 e. The zero-order valence-electron chi connectivity index (χ0n) is 24.2. The molecular formula is C32H22Cl4N4O5S2. The van der Waals surface area contributed by atoms with Gasteiger partial charge >= 0.3 is 5.97 Å². The maximum atomic E-state index is 13.9. The molecule has 9 nitrogen and oxygen atoms in total. The molecule has 0 saturated carbocycles. The van der Waals surface area contributed by atoms with Gasteiger partial charge in [-0.05, 0) is 35.7 Å². The van der Waals surface area contributed by atoms with Crippen molar-refractivity contribution < 1.29 is 24.3 Å². The minimum absolute atomic E-state index is 0.0571. The third kappa shape index (κ3) is 7.23. The Kier molecular flexibility index (Phi) is 10.7. The molecule has 1 unspecified atom stereocenters. The van der Waals surface area contributed by atoms with E-state index < -0.39 is 33.3 Å². The number of nitriles is 1. The van der Waals surface area contributed by atoms with Gasteiger partial charge < -0.3 is 20.6 Å². The molecule has 3 amide bonds. The summed E-state index contributed by atoms with van der Waals surface area (Å²) in [6.45, 7) is 2.38. The maximum absolute atomic E-state index is 13.9. The first-order valence-corrected chi connectivity index (χ1v) is 16.9. The Morgan fingerprint density at radius 3 is 2.28 bits per heavy atom. The molecule has 3 N–H and O–H groups in total. The van der Waals surface area contributed by atoms with Crippen molar-refractivity contribution in [3.63, 3.8) is 0 Å². The van der Waals surface area contributed by atoms with Gasteiger partial charge in [0, 0.05) is 28.9 Å². The van der Waals surface area contributed by atoms with E-state index in [0.717, 1.165) is 10.4 Å². The smallest absolute Gasteiger partial charge is 0.338 e. The highest BCUT2D eigenvalue weighted by molar-refractivity contribution is 8.00. The lowest BCUT2D eigenvalue weighted by molar-refractivity contribution is -0.129. The van der Waals surface area contributed by atoms with E-state index in [9.17, 15) is 29.5 Å². The quantitative estimate of drug-likeness (QED) is 0.0932. The van der Waals surface area contributed by atoms with E-state index in [1.807, 2.05) is 18.2 Å². The fraction of sp³-hybridized carbons (Fsp3) is 0.156. The fourth-order valence-electron chi connectivity index (χ4n) is 4.98. The molecule has 1 atom stereocenters. The van der Waals surface area contributed by atoms with Gasteiger partial charge in [0.25, 0.3) is 5.91 Å². The molecule has 240 valence electrons. The number of carbonyl (C=O) groups is 4. The number of nitrogens with zero attached hydrogens (tertiary/aromatic N) is 2. The minimum atomic E-state index is -1.52. The number of benzene rings is 3. The number of carboxylic acids is 1. The topological polar surface area (TPSA) is 140 Å². The average molecular weight is 748 g/mol. The summed E-state index contributed by atoms with van der Waals surface area (Å²) in [6, 6.07) is 17.9. The van der Waals surface area contributed by atoms with Crippen LogP contribution in [0.15, 0.2) is 59.5 Å². The van der Waals surface area contributed by atoms with E-state index in [0.29, 0.717) is 40.5 Å². The summed E-state index contributed by atoms with van der Waals surface area (Å²) in [4.78, 5) is 54.2. The molecule has 15 heteroatoms. The molecule has 0 saturated heterocycles. The lowest BCUT2D eigenvalue weighted by atomic mass is 10.0. The number of thiophene rings is 1. The molecule has 0 fully saturated rings. The van der Waals surface area contributed by atoms with Gasteiger partial charge in [0.05, 0.1) is 43.3 Å². The van der Waals surface area contributed by atoms with Crippen molar-refractivity contribution in [1.82, 2.24) is 4.90 Å². The van der Waals surface area contributed by atoms with Crippen molar-refractivity contribution in [2.45, 2.75) is 30.0 Å². The zero-order valence-corrected chi connectivity index (χ0v) is 28.9. The number of aromatic carboxylic acids is 1. The van der Waals surface area contributed by atoms with Crippen LogP contribution in [0.4, 0.5) is 10.7 Å². The summed E-state index contributed by atoms with van der Waals surface area (Å²) >= 11 is 27.0. The van der Waals surface area contributed by atoms with Crippen LogP contribution in [0.1, 0.15) is 54.5 Å². The molecule has 1 aromatic heterocycles. The van der Waals surface area contributed by atoms with E-state index >= 15 is 0 Å². The highest BCUT2D eigenvalue weighted by Gasteiger charge is 2.31. The number of rotatable bonds is 8. The monoisotopic (exact) mass is 746 g/mol. The number of fused-ring (bicyclic) bond motifs is 1. The highest BCUT2D eigenvalue weighted by Crippen LogP contribution is 2.43. The highest BCUT2D eigenvalue weighted by atomic mass is 35.5. The molecule has 1 aliphatic rings. The Hall–Kier alpha value is -3.76. The van der Waals surface area contributed by atoms with Gasteiger partial charge in [-0.2, -0.15) is 5.26 Å². The Morgan fingerprint density at radius 1 is 0.957 bits per heavy atom. The Morgan fingerprint density at radius 2 is 1.64 bits per heavy atom. The van der Waals surface area contributed by atoms with Crippen LogP contribution in [0, 0.1) is 11.3 Å². The number of carbonyl (C=O) groups excluding carboxylic acids is 3. The van der Waals surface area contributed by atoms with Crippen LogP contribution in [0.2, 0.25) is 20.1 Å². The van der Waals surface area contributed by atoms with E-state index in [1.165, 1.54) is 30.0 Å². The number of thioether (sulfide) groups is 1. The van der Waals surface area contributed by atoms with Crippen molar-refractivity contribution in [1.29, 1.82) is 5.26 Å². The van der Waals surface area contributed by atoms with Crippen LogP contribution in [-0.4, -0.2) is 40.2 Å². The van der Waals surface area contributed by atoms with Crippen molar-refractivity contribution in [3.8, 4) is 6.07 Å². The molecule has 2 heterocycles. The van der Waals surface area contributed by atoms with E-state index in [1.54, 1.807) is 41.3 Å². The SMILES string of the molecule is CC(=O)N1CCc2c(sc(NC(=O)C(Sc3cccc(NC(=O)c4c(Cl)c(Cl)c(Cl)c(Cl)c4C(=O)O)c3)c3ccccc3)c2C#N)C1. The first-order valence-electron chi connectivity index (χ1n) is 13.7. The molecule has 47 heavy (non-hydrogen) atoms. The molecule has 4 aromatic rings. The number of amides is 3. The zero-order chi connectivity index (χ0) is 34.0. The van der Waals surface area contributed by atoms with Gasteiger partial charge in [-0.1, -0.05) is 82.8 Å². The Bertz CT molecular complexity index is 1980. The number of carboxylic acid groups (broad SMARTS) is 1. The second kappa shape index (κ2) is 14.6. The molecule has 0 aliphatic carbocycles. The third-order valence-electron chi connectivity index (χ3n) is 7.25. The predicted octanol–water partition coefficient (Wildman–Crippen LogP) is 8.56. The predicted molar refractivity (Wildman–Crippen MR) is 185 cm³/mol. The molecule has 5 rings (SSSR count). The Labute approximate surface area is 297 Å². The first-order chi connectivity index (χ1) is 22.4. The summed E-state index contributed by atoms with van der Waals surface area (Å²) in [5.41, 5.74) is 1.13. The number of anilines is 2. The van der Waals surface area contributed by atoms with Crippen LogP contribution >= 0.6 is 69.5 Å². The second-order valence-electron chi connectivity index (χ2n) is 10.2. The number of hydrogen-bond donors (Lipinski definition) is 3. The summed E-state index contributed by atoms with van der Waals surface area (Å²) < 4.78 is 0. The standard InChI is InChI=1S/C32H22Cl4N4O5S2/c1-15(41)40-11-10-19-20(13-37)31(47-21(19)14-40)39-30(43)28(16-6-3-2-4-7-16)46-18-9-5-8-17(12-18)38-29(42)22-23(32(44)45)25(34)27(36)26(35)24(22)33/h2-9,12,28H,10-11,14H2,1H3,(H,38,42)(H,39,43)(H,44,45). The van der Waals surface area contributed by atoms with Gasteiger partial charge in [0.1, 0.15) is 16.3 Å². The van der Waals surface area contributed by atoms with Crippen LogP contribution < -0.4 is 10.6 Å². The first kappa shape index (κ1) is 34.6. The molecule has 3 aromatic carbocycles. The van der Waals surface area contributed by atoms with E-state index in [4.69, 9.17) is 46.4 Å². The van der Waals surface area contributed by atoms with E-state index in [2.05, 4.69) is 16.7 Å². The maximum Gasteiger partial charge on any atom is 0.338 e. The Balaban J connectivity index is 1.42. The summed E-state index contributed by atoms with van der Waals surface area (Å²) in [6.07, 6.45) is 0.521. The molecule has 0 bridgehead atoms. The fourth-order valence-corrected chi connectivity index (χ4v) is 8.30. The van der Waals surface area contributed by atoms with Gasteiger partial charge in [-0.3, -0.25) is 14.4 Å². The molecule has 0 radical (unpaired) electrons. The van der Waals surface area contributed by atoms with Gasteiger partial charge in [-0.25, -0.2) is 4.79 Å². The summed E-state index contributed by atoms with van der Waals surface area (Å²) in [5.74, 6) is -2.85. The van der Waals surface area contributed by atoms with Crippen molar-refractivity contribution in [2.75, 3.05) is 17.2 Å². The van der Waals surface area contributed by atoms with Gasteiger partial charge in [0.2, 0.25) is 11.8 Å². The van der Waals surface area contributed by atoms with Crippen LogP contribution in [0.3, 0.4) is 0 Å². The second-order valence-corrected chi connectivity index (χ2v) is 14.0. The van der Waals surface area contributed by atoms with Crippen LogP contribution in [0.5, 0.6) is 0 Å². The summed E-state index contributed by atoms with van der Waals surface area (Å²) in [5, 5.41) is 23.5. The minimum Gasteiger partial charge on any atom is -0.478 e. The number of halogens is 4. The normalized spacial score (nSPS) is 12.9.